The molecule has 0 aliphatic heterocycles. The van der Waals surface area contributed by atoms with Crippen molar-refractivity contribution < 1.29 is 4.74 Å². The van der Waals surface area contributed by atoms with Crippen LogP contribution in [-0.4, -0.2) is 11.2 Å². The monoisotopic (exact) mass is 204 g/mol. The van der Waals surface area contributed by atoms with Gasteiger partial charge in [-0.3, -0.25) is 0 Å². The third-order valence-corrected chi connectivity index (χ3v) is 2.56. The summed E-state index contributed by atoms with van der Waals surface area (Å²) in [5.74, 6) is 0.927. The minimum Gasteiger partial charge on any atom is -0.493 e. The van der Waals surface area contributed by atoms with Gasteiger partial charge in [-0.05, 0) is 30.7 Å². The number of ether oxygens (including phenoxy) is 1. The number of aromatic nitrogens is 1. The number of nitrogens with zero attached hydrogens (tertiary/aromatic N) is 1. The van der Waals surface area contributed by atoms with Gasteiger partial charge >= 0.3 is 0 Å². The molecule has 15 heavy (non-hydrogen) atoms. The van der Waals surface area contributed by atoms with E-state index in [9.17, 15) is 0 Å². The highest BCUT2D eigenvalue weighted by atomic mass is 16.5. The van der Waals surface area contributed by atoms with Crippen molar-refractivity contribution in [2.75, 3.05) is 6.61 Å². The summed E-state index contributed by atoms with van der Waals surface area (Å²) in [4.78, 5) is 0. The summed E-state index contributed by atoms with van der Waals surface area (Å²) in [5, 5.41) is 1.15. The molecule has 0 aliphatic rings. The van der Waals surface area contributed by atoms with E-state index in [1.54, 1.807) is 0 Å². The minimum atomic E-state index is 0.543. The van der Waals surface area contributed by atoms with Crippen LogP contribution < -0.4 is 10.5 Å². The predicted molar refractivity (Wildman–Crippen MR) is 62.0 cm³/mol. The number of hydrogen-bond acceptors (Lipinski definition) is 2. The first-order valence-corrected chi connectivity index (χ1v) is 5.17. The second kappa shape index (κ2) is 3.95. The summed E-state index contributed by atoms with van der Waals surface area (Å²) >= 11 is 0. The smallest absolute Gasteiger partial charge is 0.128 e. The lowest BCUT2D eigenvalue weighted by atomic mass is 10.1. The number of nitrogens with two attached hydrogens (primary N) is 1. The number of fused-ring (bicyclic) bond motifs is 1. The second-order valence-corrected chi connectivity index (χ2v) is 3.59. The van der Waals surface area contributed by atoms with E-state index >= 15 is 0 Å². The van der Waals surface area contributed by atoms with E-state index in [1.165, 1.54) is 5.52 Å². The van der Waals surface area contributed by atoms with Crippen LogP contribution in [0.2, 0.25) is 0 Å². The van der Waals surface area contributed by atoms with Gasteiger partial charge in [0, 0.05) is 25.2 Å². The Labute approximate surface area is 89.4 Å². The minimum absolute atomic E-state index is 0.543. The van der Waals surface area contributed by atoms with E-state index in [-0.39, 0.29) is 0 Å². The molecule has 0 saturated heterocycles. The third kappa shape index (κ3) is 1.70. The van der Waals surface area contributed by atoms with E-state index in [0.29, 0.717) is 13.2 Å². The van der Waals surface area contributed by atoms with Crippen molar-refractivity contribution in [1.29, 1.82) is 0 Å². The third-order valence-electron chi connectivity index (χ3n) is 2.56. The summed E-state index contributed by atoms with van der Waals surface area (Å²) in [7, 11) is 2.03. The summed E-state index contributed by atoms with van der Waals surface area (Å²) in [6, 6.07) is 6.20. The molecule has 0 spiro atoms. The number of hydrogen-bond donors (Lipinski definition) is 1. The zero-order chi connectivity index (χ0) is 10.8. The maximum Gasteiger partial charge on any atom is 0.128 e. The average molecular weight is 204 g/mol. The Kier molecular flexibility index (Phi) is 2.64. The average Bonchev–Trinajstić information content (AvgIpc) is 2.61. The van der Waals surface area contributed by atoms with Crippen LogP contribution in [0, 0.1) is 0 Å². The zero-order valence-corrected chi connectivity index (χ0v) is 9.16. The molecular formula is C12H16N2O. The Morgan fingerprint density at radius 3 is 2.87 bits per heavy atom. The van der Waals surface area contributed by atoms with Gasteiger partial charge in [0.25, 0.3) is 0 Å². The van der Waals surface area contributed by atoms with Gasteiger partial charge < -0.3 is 15.0 Å². The molecule has 2 aromatic rings. The van der Waals surface area contributed by atoms with Crippen LogP contribution in [0.1, 0.15) is 12.5 Å². The van der Waals surface area contributed by atoms with Gasteiger partial charge in [-0.1, -0.05) is 0 Å². The first kappa shape index (κ1) is 10.1. The quantitative estimate of drug-likeness (QED) is 0.831. The molecule has 0 amide bonds. The highest BCUT2D eigenvalue weighted by molar-refractivity contribution is 5.87. The zero-order valence-electron chi connectivity index (χ0n) is 9.16. The maximum atomic E-state index is 5.66. The molecule has 1 aromatic heterocycles. The van der Waals surface area contributed by atoms with E-state index in [0.717, 1.165) is 16.7 Å². The summed E-state index contributed by atoms with van der Waals surface area (Å²) in [6.45, 7) is 3.21. The molecule has 2 rings (SSSR count). The lowest BCUT2D eigenvalue weighted by Gasteiger charge is -2.08. The molecule has 1 heterocycles. The van der Waals surface area contributed by atoms with Crippen LogP contribution >= 0.6 is 0 Å². The van der Waals surface area contributed by atoms with Crippen molar-refractivity contribution >= 4 is 10.9 Å². The summed E-state index contributed by atoms with van der Waals surface area (Å²) < 4.78 is 7.69. The second-order valence-electron chi connectivity index (χ2n) is 3.59. The van der Waals surface area contributed by atoms with Crippen molar-refractivity contribution in [1.82, 2.24) is 4.57 Å². The highest BCUT2D eigenvalue weighted by Crippen LogP contribution is 2.28. The lowest BCUT2D eigenvalue weighted by molar-refractivity contribution is 0.344. The normalized spacial score (nSPS) is 10.9. The van der Waals surface area contributed by atoms with Crippen molar-refractivity contribution in [3.8, 4) is 5.75 Å². The topological polar surface area (TPSA) is 40.2 Å². The molecule has 2 N–H and O–H groups in total. The molecule has 0 aliphatic carbocycles. The van der Waals surface area contributed by atoms with Crippen LogP contribution in [0.25, 0.3) is 10.9 Å². The SMILES string of the molecule is CCOc1cc(CN)cc2c1ccn2C. The predicted octanol–water partition coefficient (Wildman–Crippen LogP) is 2.04. The van der Waals surface area contributed by atoms with Crippen LogP contribution in [0.15, 0.2) is 24.4 Å². The van der Waals surface area contributed by atoms with Gasteiger partial charge in [-0.15, -0.1) is 0 Å². The Hall–Kier alpha value is -1.48. The van der Waals surface area contributed by atoms with Crippen LogP contribution in [0.4, 0.5) is 0 Å². The number of rotatable bonds is 3. The van der Waals surface area contributed by atoms with Gasteiger partial charge in [0.1, 0.15) is 5.75 Å². The molecule has 0 saturated carbocycles. The van der Waals surface area contributed by atoms with Crippen LogP contribution in [0.5, 0.6) is 5.75 Å². The van der Waals surface area contributed by atoms with Gasteiger partial charge in [-0.25, -0.2) is 0 Å². The van der Waals surface area contributed by atoms with Crippen molar-refractivity contribution in [3.05, 3.63) is 30.0 Å². The van der Waals surface area contributed by atoms with Gasteiger partial charge in [0.15, 0.2) is 0 Å². The van der Waals surface area contributed by atoms with Gasteiger partial charge in [0.05, 0.1) is 12.1 Å². The molecule has 0 atom stereocenters. The van der Waals surface area contributed by atoms with E-state index < -0.39 is 0 Å². The molecule has 0 unspecified atom stereocenters. The number of aryl methyl sites for hydroxylation is 1. The fourth-order valence-corrected chi connectivity index (χ4v) is 1.79. The molecular weight excluding hydrogens is 188 g/mol. The first-order chi connectivity index (χ1) is 7.26. The van der Waals surface area contributed by atoms with Crippen molar-refractivity contribution in [3.63, 3.8) is 0 Å². The van der Waals surface area contributed by atoms with Gasteiger partial charge in [-0.2, -0.15) is 0 Å². The lowest BCUT2D eigenvalue weighted by Crippen LogP contribution is -1.99. The molecule has 80 valence electrons. The van der Waals surface area contributed by atoms with E-state index in [1.807, 2.05) is 26.2 Å². The maximum absolute atomic E-state index is 5.66. The molecule has 0 radical (unpaired) electrons. The summed E-state index contributed by atoms with van der Waals surface area (Å²) in [6.07, 6.45) is 2.04. The van der Waals surface area contributed by atoms with Crippen molar-refractivity contribution in [2.45, 2.75) is 13.5 Å². The molecule has 1 aromatic carbocycles. The Morgan fingerprint density at radius 1 is 1.40 bits per heavy atom. The van der Waals surface area contributed by atoms with Crippen LogP contribution in [0.3, 0.4) is 0 Å². The molecule has 0 fully saturated rings. The molecule has 0 bridgehead atoms. The van der Waals surface area contributed by atoms with E-state index in [4.69, 9.17) is 10.5 Å². The van der Waals surface area contributed by atoms with Crippen molar-refractivity contribution in [2.24, 2.45) is 12.8 Å². The standard InChI is InChI=1S/C12H16N2O/c1-3-15-12-7-9(8-13)6-11-10(12)4-5-14(11)2/h4-7H,3,8,13H2,1-2H3. The van der Waals surface area contributed by atoms with E-state index in [2.05, 4.69) is 16.7 Å². The fraction of sp³-hybridized carbons (Fsp3) is 0.333. The molecule has 3 heteroatoms. The Bertz CT molecular complexity index is 474. The number of benzene rings is 1. The summed E-state index contributed by atoms with van der Waals surface area (Å²) in [5.41, 5.74) is 7.93. The largest absolute Gasteiger partial charge is 0.493 e. The first-order valence-electron chi connectivity index (χ1n) is 5.17. The van der Waals surface area contributed by atoms with Crippen LogP contribution in [-0.2, 0) is 13.6 Å². The fourth-order valence-electron chi connectivity index (χ4n) is 1.79. The molecule has 3 nitrogen and oxygen atoms in total. The Morgan fingerprint density at radius 2 is 2.20 bits per heavy atom. The highest BCUT2D eigenvalue weighted by Gasteiger charge is 2.06. The Balaban J connectivity index is 2.65. The van der Waals surface area contributed by atoms with Gasteiger partial charge in [0.2, 0.25) is 0 Å².